The first-order valence-corrected chi connectivity index (χ1v) is 5.38. The number of hydrogen-bond donors (Lipinski definition) is 0. The molecule has 16 heavy (non-hydrogen) atoms. The highest BCUT2D eigenvalue weighted by Crippen LogP contribution is 2.22. The van der Waals surface area contributed by atoms with Gasteiger partial charge in [0.15, 0.2) is 0 Å². The molecule has 0 saturated heterocycles. The Morgan fingerprint density at radius 3 is 2.31 bits per heavy atom. The number of rotatable bonds is 4. The summed E-state index contributed by atoms with van der Waals surface area (Å²) in [5.74, 6) is -1.66. The third-order valence-corrected chi connectivity index (χ3v) is 2.75. The fourth-order valence-electron chi connectivity index (χ4n) is 1.28. The molecule has 0 aliphatic carbocycles. The smallest absolute Gasteiger partial charge is 0.376 e. The summed E-state index contributed by atoms with van der Waals surface area (Å²) in [7, 11) is 1.16. The molecular formula is C12H13ClO3. The molecule has 86 valence electrons. The van der Waals surface area contributed by atoms with Crippen LogP contribution in [0.3, 0.4) is 0 Å². The highest BCUT2D eigenvalue weighted by molar-refractivity contribution is 6.47. The van der Waals surface area contributed by atoms with E-state index in [-0.39, 0.29) is 0 Å². The van der Waals surface area contributed by atoms with E-state index < -0.39 is 17.1 Å². The van der Waals surface area contributed by atoms with Crippen LogP contribution in [0.4, 0.5) is 0 Å². The number of Topliss-reactive ketones (excluding diaryl/α,β-unsaturated/α-hetero) is 1. The van der Waals surface area contributed by atoms with Gasteiger partial charge in [-0.3, -0.25) is 4.79 Å². The second-order valence-electron chi connectivity index (χ2n) is 3.31. The maximum absolute atomic E-state index is 11.4. The van der Waals surface area contributed by atoms with Crippen LogP contribution in [0.1, 0.15) is 23.4 Å². The highest BCUT2D eigenvalue weighted by atomic mass is 35.5. The summed E-state index contributed by atoms with van der Waals surface area (Å²) in [6.07, 6.45) is 0.915. The summed E-state index contributed by atoms with van der Waals surface area (Å²) in [5, 5.41) is -0.974. The first-order valence-electron chi connectivity index (χ1n) is 4.95. The summed E-state index contributed by atoms with van der Waals surface area (Å²) >= 11 is 5.88. The Bertz CT molecular complexity index is 384. The first kappa shape index (κ1) is 12.7. The number of benzene rings is 1. The summed E-state index contributed by atoms with van der Waals surface area (Å²) in [6, 6.07) is 7.26. The van der Waals surface area contributed by atoms with E-state index >= 15 is 0 Å². The number of carbonyl (C=O) groups is 2. The van der Waals surface area contributed by atoms with Crippen LogP contribution in [-0.2, 0) is 20.7 Å². The minimum absolute atomic E-state index is 0.606. The van der Waals surface area contributed by atoms with Crippen molar-refractivity contribution in [3.8, 4) is 0 Å². The van der Waals surface area contributed by atoms with Crippen molar-refractivity contribution in [3.63, 3.8) is 0 Å². The van der Waals surface area contributed by atoms with Gasteiger partial charge in [-0.25, -0.2) is 4.79 Å². The zero-order valence-electron chi connectivity index (χ0n) is 9.20. The van der Waals surface area contributed by atoms with Crippen LogP contribution in [0.5, 0.6) is 0 Å². The van der Waals surface area contributed by atoms with E-state index in [0.717, 1.165) is 19.1 Å². The molecule has 0 aromatic heterocycles. The van der Waals surface area contributed by atoms with Gasteiger partial charge in [0.1, 0.15) is 5.38 Å². The predicted octanol–water partition coefficient (Wildman–Crippen LogP) is 2.27. The van der Waals surface area contributed by atoms with Gasteiger partial charge in [-0.1, -0.05) is 31.2 Å². The van der Waals surface area contributed by atoms with Gasteiger partial charge in [-0.05, 0) is 17.5 Å². The van der Waals surface area contributed by atoms with Crippen molar-refractivity contribution < 1.29 is 14.3 Å². The molecule has 0 saturated carbocycles. The van der Waals surface area contributed by atoms with Crippen LogP contribution < -0.4 is 0 Å². The molecule has 1 atom stereocenters. The van der Waals surface area contributed by atoms with Crippen LogP contribution in [0.2, 0.25) is 0 Å². The fraction of sp³-hybridized carbons (Fsp3) is 0.333. The van der Waals surface area contributed by atoms with Gasteiger partial charge in [-0.15, -0.1) is 11.6 Å². The lowest BCUT2D eigenvalue weighted by Crippen LogP contribution is -2.20. The van der Waals surface area contributed by atoms with Crippen molar-refractivity contribution in [2.45, 2.75) is 18.7 Å². The Labute approximate surface area is 99.4 Å². The Kier molecular flexibility index (Phi) is 4.50. The second kappa shape index (κ2) is 5.66. The normalized spacial score (nSPS) is 11.9. The molecule has 1 aromatic carbocycles. The monoisotopic (exact) mass is 240 g/mol. The van der Waals surface area contributed by atoms with Gasteiger partial charge in [0.25, 0.3) is 5.78 Å². The summed E-state index contributed by atoms with van der Waals surface area (Å²) in [4.78, 5) is 22.4. The topological polar surface area (TPSA) is 43.4 Å². The molecule has 1 rings (SSSR count). The van der Waals surface area contributed by atoms with Crippen molar-refractivity contribution in [1.29, 1.82) is 0 Å². The van der Waals surface area contributed by atoms with Crippen molar-refractivity contribution >= 4 is 23.4 Å². The predicted molar refractivity (Wildman–Crippen MR) is 61.4 cm³/mol. The molecule has 0 aliphatic heterocycles. The van der Waals surface area contributed by atoms with E-state index in [1.54, 1.807) is 12.1 Å². The van der Waals surface area contributed by atoms with E-state index in [4.69, 9.17) is 11.6 Å². The summed E-state index contributed by atoms with van der Waals surface area (Å²) in [6.45, 7) is 2.03. The van der Waals surface area contributed by atoms with Crippen LogP contribution in [0.15, 0.2) is 24.3 Å². The minimum Gasteiger partial charge on any atom is -0.463 e. The molecule has 0 aliphatic rings. The largest absolute Gasteiger partial charge is 0.463 e. The molecule has 0 N–H and O–H groups in total. The molecular weight excluding hydrogens is 228 g/mol. The zero-order chi connectivity index (χ0) is 12.1. The van der Waals surface area contributed by atoms with Gasteiger partial charge in [0.2, 0.25) is 0 Å². The van der Waals surface area contributed by atoms with Crippen molar-refractivity contribution in [1.82, 2.24) is 0 Å². The number of hydrogen-bond acceptors (Lipinski definition) is 3. The number of carbonyl (C=O) groups excluding carboxylic acids is 2. The lowest BCUT2D eigenvalue weighted by atomic mass is 10.1. The van der Waals surface area contributed by atoms with Gasteiger partial charge >= 0.3 is 5.97 Å². The lowest BCUT2D eigenvalue weighted by molar-refractivity contribution is -0.151. The average Bonchev–Trinajstić information content (AvgIpc) is 2.36. The standard InChI is InChI=1S/C12H13ClO3/c1-3-8-4-6-9(7-5-8)10(13)11(14)12(15)16-2/h4-7,10H,3H2,1-2H3. The molecule has 0 fully saturated rings. The third kappa shape index (κ3) is 2.83. The number of alkyl halides is 1. The Morgan fingerprint density at radius 2 is 1.88 bits per heavy atom. The van der Waals surface area contributed by atoms with Gasteiger partial charge in [0, 0.05) is 0 Å². The molecule has 1 aromatic rings. The molecule has 0 bridgehead atoms. The van der Waals surface area contributed by atoms with Crippen molar-refractivity contribution in [3.05, 3.63) is 35.4 Å². The van der Waals surface area contributed by atoms with E-state index in [2.05, 4.69) is 4.74 Å². The number of esters is 1. The Balaban J connectivity index is 2.83. The third-order valence-electron chi connectivity index (χ3n) is 2.30. The van der Waals surface area contributed by atoms with Crippen LogP contribution >= 0.6 is 11.6 Å². The molecule has 0 heterocycles. The minimum atomic E-state index is -0.974. The van der Waals surface area contributed by atoms with E-state index in [1.165, 1.54) is 0 Å². The quantitative estimate of drug-likeness (QED) is 0.461. The number of aryl methyl sites for hydroxylation is 1. The maximum Gasteiger partial charge on any atom is 0.376 e. The summed E-state index contributed by atoms with van der Waals surface area (Å²) in [5.41, 5.74) is 1.76. The average molecular weight is 241 g/mol. The maximum atomic E-state index is 11.4. The van der Waals surface area contributed by atoms with Crippen LogP contribution in [0.25, 0.3) is 0 Å². The lowest BCUT2D eigenvalue weighted by Gasteiger charge is -2.07. The Hall–Kier alpha value is -1.35. The van der Waals surface area contributed by atoms with Crippen LogP contribution in [0, 0.1) is 0 Å². The fourth-order valence-corrected chi connectivity index (χ4v) is 1.51. The van der Waals surface area contributed by atoms with Gasteiger partial charge < -0.3 is 4.74 Å². The highest BCUT2D eigenvalue weighted by Gasteiger charge is 2.25. The molecule has 4 heteroatoms. The molecule has 1 unspecified atom stereocenters. The zero-order valence-corrected chi connectivity index (χ0v) is 9.95. The van der Waals surface area contributed by atoms with Crippen LogP contribution in [-0.4, -0.2) is 18.9 Å². The van der Waals surface area contributed by atoms with Crippen molar-refractivity contribution in [2.24, 2.45) is 0 Å². The van der Waals surface area contributed by atoms with E-state index in [1.807, 2.05) is 19.1 Å². The molecule has 0 radical (unpaired) electrons. The first-order chi connectivity index (χ1) is 7.60. The number of methoxy groups -OCH3 is 1. The number of ketones is 1. The molecule has 0 amide bonds. The van der Waals surface area contributed by atoms with Gasteiger partial charge in [0.05, 0.1) is 7.11 Å². The SMILES string of the molecule is CCc1ccc(C(Cl)C(=O)C(=O)OC)cc1. The second-order valence-corrected chi connectivity index (χ2v) is 3.75. The van der Waals surface area contributed by atoms with Crippen molar-refractivity contribution in [2.75, 3.05) is 7.11 Å². The molecule has 0 spiro atoms. The number of halogens is 1. The van der Waals surface area contributed by atoms with E-state index in [9.17, 15) is 9.59 Å². The summed E-state index contributed by atoms with van der Waals surface area (Å²) < 4.78 is 4.33. The Morgan fingerprint density at radius 1 is 1.31 bits per heavy atom. The van der Waals surface area contributed by atoms with E-state index in [0.29, 0.717) is 5.56 Å². The molecule has 3 nitrogen and oxygen atoms in total. The van der Waals surface area contributed by atoms with Gasteiger partial charge in [-0.2, -0.15) is 0 Å². The number of ether oxygens (including phenoxy) is 1.